The number of hydrogen-bond acceptors (Lipinski definition) is 4. The first kappa shape index (κ1) is 17.9. The van der Waals surface area contributed by atoms with E-state index in [1.807, 2.05) is 18.2 Å². The Bertz CT molecular complexity index is 651. The fraction of sp³-hybridized carbons (Fsp3) is 0.579. The van der Waals surface area contributed by atoms with Crippen molar-refractivity contribution in [3.05, 3.63) is 29.3 Å². The first-order valence-corrected chi connectivity index (χ1v) is 8.99. The summed E-state index contributed by atoms with van der Waals surface area (Å²) in [6.07, 6.45) is 3.30. The molecule has 0 atom stereocenters. The Kier molecular flexibility index (Phi) is 5.39. The second-order valence-electron chi connectivity index (χ2n) is 7.39. The molecule has 2 N–H and O–H groups in total. The number of morpholine rings is 1. The maximum atomic E-state index is 12.1. The van der Waals surface area contributed by atoms with Crippen LogP contribution in [0.3, 0.4) is 0 Å². The van der Waals surface area contributed by atoms with Gasteiger partial charge in [0.25, 0.3) is 0 Å². The Morgan fingerprint density at radius 3 is 2.60 bits per heavy atom. The van der Waals surface area contributed by atoms with Crippen LogP contribution in [-0.2, 0) is 27.2 Å². The number of benzene rings is 1. The highest BCUT2D eigenvalue weighted by atomic mass is 16.5. The number of carbonyl (C=O) groups is 2. The number of hydrogen-bond donors (Lipinski definition) is 2. The van der Waals surface area contributed by atoms with Gasteiger partial charge < -0.3 is 15.4 Å². The number of ether oxygens (including phenoxy) is 1. The van der Waals surface area contributed by atoms with Gasteiger partial charge in [-0.25, -0.2) is 0 Å². The standard InChI is InChI=1S/C19H27N3O3/c1-19(2,22-8-10-25-11-9-22)13-20-17(23)18(24)21-16-7-6-14-4-3-5-15(14)12-16/h6-7,12H,3-5,8-11,13H2,1-2H3,(H,20,23)(H,21,24). The number of aryl methyl sites for hydroxylation is 2. The molecular weight excluding hydrogens is 318 g/mol. The van der Waals surface area contributed by atoms with Gasteiger partial charge in [-0.2, -0.15) is 0 Å². The zero-order valence-corrected chi connectivity index (χ0v) is 15.1. The van der Waals surface area contributed by atoms with Crippen molar-refractivity contribution in [1.29, 1.82) is 0 Å². The van der Waals surface area contributed by atoms with Crippen LogP contribution in [0.2, 0.25) is 0 Å². The number of anilines is 1. The van der Waals surface area contributed by atoms with E-state index < -0.39 is 11.8 Å². The van der Waals surface area contributed by atoms with Gasteiger partial charge in [0.1, 0.15) is 0 Å². The van der Waals surface area contributed by atoms with Crippen LogP contribution in [0.4, 0.5) is 5.69 Å². The SMILES string of the molecule is CC(C)(CNC(=O)C(=O)Nc1ccc2c(c1)CCC2)N1CCOCC1. The molecule has 1 heterocycles. The molecule has 1 saturated heterocycles. The Balaban J connectivity index is 1.51. The van der Waals surface area contributed by atoms with Gasteiger partial charge in [-0.05, 0) is 56.4 Å². The van der Waals surface area contributed by atoms with Crippen LogP contribution in [-0.4, -0.2) is 55.1 Å². The Morgan fingerprint density at radius 1 is 1.12 bits per heavy atom. The van der Waals surface area contributed by atoms with E-state index in [1.165, 1.54) is 11.1 Å². The van der Waals surface area contributed by atoms with E-state index in [0.29, 0.717) is 25.4 Å². The zero-order valence-electron chi connectivity index (χ0n) is 15.1. The molecule has 1 aliphatic heterocycles. The fourth-order valence-corrected chi connectivity index (χ4v) is 3.49. The average Bonchev–Trinajstić information content (AvgIpc) is 3.08. The summed E-state index contributed by atoms with van der Waals surface area (Å²) >= 11 is 0. The summed E-state index contributed by atoms with van der Waals surface area (Å²) in [5.41, 5.74) is 3.09. The van der Waals surface area contributed by atoms with E-state index in [9.17, 15) is 9.59 Å². The molecule has 0 bridgehead atoms. The monoisotopic (exact) mass is 345 g/mol. The molecule has 6 nitrogen and oxygen atoms in total. The summed E-state index contributed by atoms with van der Waals surface area (Å²) in [7, 11) is 0. The maximum Gasteiger partial charge on any atom is 0.313 e. The Hall–Kier alpha value is -1.92. The third kappa shape index (κ3) is 4.38. The van der Waals surface area contributed by atoms with Gasteiger partial charge in [-0.3, -0.25) is 14.5 Å². The van der Waals surface area contributed by atoms with Gasteiger partial charge in [-0.1, -0.05) is 6.07 Å². The van der Waals surface area contributed by atoms with E-state index in [0.717, 1.165) is 32.4 Å². The van der Waals surface area contributed by atoms with Gasteiger partial charge in [0, 0.05) is 30.9 Å². The van der Waals surface area contributed by atoms with E-state index in [4.69, 9.17) is 4.74 Å². The van der Waals surface area contributed by atoms with Crippen LogP contribution in [0.25, 0.3) is 0 Å². The predicted molar refractivity (Wildman–Crippen MR) is 96.6 cm³/mol. The van der Waals surface area contributed by atoms with Crippen LogP contribution in [0, 0.1) is 0 Å². The van der Waals surface area contributed by atoms with Crippen molar-refractivity contribution in [2.24, 2.45) is 0 Å². The molecule has 1 aliphatic carbocycles. The quantitative estimate of drug-likeness (QED) is 0.808. The molecule has 6 heteroatoms. The molecule has 136 valence electrons. The van der Waals surface area contributed by atoms with E-state index in [2.05, 4.69) is 29.4 Å². The van der Waals surface area contributed by atoms with Crippen molar-refractivity contribution in [2.45, 2.75) is 38.6 Å². The summed E-state index contributed by atoms with van der Waals surface area (Å²) in [5, 5.41) is 5.46. The largest absolute Gasteiger partial charge is 0.379 e. The minimum Gasteiger partial charge on any atom is -0.379 e. The molecule has 0 saturated carbocycles. The van der Waals surface area contributed by atoms with Crippen molar-refractivity contribution >= 4 is 17.5 Å². The lowest BCUT2D eigenvalue weighted by atomic mass is 10.0. The van der Waals surface area contributed by atoms with Crippen LogP contribution >= 0.6 is 0 Å². The number of amides is 2. The first-order valence-electron chi connectivity index (χ1n) is 8.99. The maximum absolute atomic E-state index is 12.1. The minimum absolute atomic E-state index is 0.215. The lowest BCUT2D eigenvalue weighted by Crippen LogP contribution is -2.56. The molecule has 2 amide bonds. The topological polar surface area (TPSA) is 70.7 Å². The molecule has 2 aliphatic rings. The lowest BCUT2D eigenvalue weighted by Gasteiger charge is -2.40. The number of fused-ring (bicyclic) bond motifs is 1. The third-order valence-corrected chi connectivity index (χ3v) is 5.11. The number of nitrogens with one attached hydrogen (secondary N) is 2. The van der Waals surface area contributed by atoms with Crippen LogP contribution in [0.5, 0.6) is 0 Å². The van der Waals surface area contributed by atoms with Gasteiger partial charge in [0.2, 0.25) is 0 Å². The summed E-state index contributed by atoms with van der Waals surface area (Å²) in [6, 6.07) is 5.88. The molecule has 0 unspecified atom stereocenters. The molecule has 0 spiro atoms. The highest BCUT2D eigenvalue weighted by molar-refractivity contribution is 6.39. The van der Waals surface area contributed by atoms with E-state index >= 15 is 0 Å². The smallest absolute Gasteiger partial charge is 0.313 e. The third-order valence-electron chi connectivity index (χ3n) is 5.11. The van der Waals surface area contributed by atoms with Crippen LogP contribution < -0.4 is 10.6 Å². The molecule has 25 heavy (non-hydrogen) atoms. The number of nitrogens with zero attached hydrogens (tertiary/aromatic N) is 1. The second kappa shape index (κ2) is 7.54. The molecule has 3 rings (SSSR count). The molecular formula is C19H27N3O3. The molecule has 0 aromatic heterocycles. The summed E-state index contributed by atoms with van der Waals surface area (Å²) in [4.78, 5) is 26.6. The van der Waals surface area contributed by atoms with E-state index in [-0.39, 0.29) is 5.54 Å². The van der Waals surface area contributed by atoms with Crippen LogP contribution in [0.15, 0.2) is 18.2 Å². The molecule has 1 fully saturated rings. The van der Waals surface area contributed by atoms with Crippen LogP contribution in [0.1, 0.15) is 31.4 Å². The highest BCUT2D eigenvalue weighted by Gasteiger charge is 2.29. The summed E-state index contributed by atoms with van der Waals surface area (Å²) in [6.45, 7) is 7.64. The lowest BCUT2D eigenvalue weighted by molar-refractivity contribution is -0.136. The first-order chi connectivity index (χ1) is 12.0. The minimum atomic E-state index is -0.615. The predicted octanol–water partition coefficient (Wildman–Crippen LogP) is 1.34. The van der Waals surface area contributed by atoms with Gasteiger partial charge in [0.15, 0.2) is 0 Å². The number of rotatable bonds is 4. The molecule has 0 radical (unpaired) electrons. The van der Waals surface area contributed by atoms with Crippen molar-refractivity contribution in [2.75, 3.05) is 38.2 Å². The average molecular weight is 345 g/mol. The van der Waals surface area contributed by atoms with Gasteiger partial charge in [0.05, 0.1) is 13.2 Å². The summed E-state index contributed by atoms with van der Waals surface area (Å²) < 4.78 is 5.36. The number of carbonyl (C=O) groups excluding carboxylic acids is 2. The second-order valence-corrected chi connectivity index (χ2v) is 7.39. The van der Waals surface area contributed by atoms with Crippen molar-refractivity contribution in [3.63, 3.8) is 0 Å². The van der Waals surface area contributed by atoms with Crippen molar-refractivity contribution in [1.82, 2.24) is 10.2 Å². The van der Waals surface area contributed by atoms with Gasteiger partial charge >= 0.3 is 11.8 Å². The highest BCUT2D eigenvalue weighted by Crippen LogP contribution is 2.24. The zero-order chi connectivity index (χ0) is 17.9. The van der Waals surface area contributed by atoms with Gasteiger partial charge in [-0.15, -0.1) is 0 Å². The van der Waals surface area contributed by atoms with Crippen molar-refractivity contribution < 1.29 is 14.3 Å². The molecule has 1 aromatic rings. The molecule has 1 aromatic carbocycles. The fourth-order valence-electron chi connectivity index (χ4n) is 3.49. The van der Waals surface area contributed by atoms with Crippen molar-refractivity contribution in [3.8, 4) is 0 Å². The Labute approximate surface area is 148 Å². The summed E-state index contributed by atoms with van der Waals surface area (Å²) in [5.74, 6) is -1.21. The Morgan fingerprint density at radius 2 is 1.84 bits per heavy atom. The normalized spacial score (nSPS) is 17.8. The van der Waals surface area contributed by atoms with E-state index in [1.54, 1.807) is 0 Å².